The number of halogens is 4. The molecule has 0 radical (unpaired) electrons. The summed E-state index contributed by atoms with van der Waals surface area (Å²) in [4.78, 5) is 2.58. The van der Waals surface area contributed by atoms with E-state index in [0.29, 0.717) is 28.0 Å². The summed E-state index contributed by atoms with van der Waals surface area (Å²) >= 11 is 0. The van der Waals surface area contributed by atoms with Crippen LogP contribution in [-0.4, -0.2) is 88.5 Å². The molecule has 0 amide bonds. The number of nitrogens with one attached hydrogen (secondary N) is 2. The Kier molecular flexibility index (Phi) is 9.15. The second-order valence-electron chi connectivity index (χ2n) is 12.6. The average molecular weight is 663 g/mol. The molecule has 3 aliphatic rings. The standard InChI is InChI=1S/C33H38F4N4O4S/c1-46(42,43)26-11-12-29(31(17-26)45-15-13-34)38-14-3-4-25-16-27-28(5-2-6-30(27)41(25)20-33(35,36)37)39-23-7-9-24(10-8-23)40-18-32(19-40)21-44-22-32/h2,5-6,11-12,16-17,23-24,38-39H,7-10,13-15,18-22H2,1H3/t23-,24+. The third-order valence-corrected chi connectivity index (χ3v) is 10.2. The minimum atomic E-state index is -4.45. The summed E-state index contributed by atoms with van der Waals surface area (Å²) < 4.78 is 89.7. The minimum Gasteiger partial charge on any atom is -0.489 e. The fraction of sp³-hybridized carbons (Fsp3) is 0.515. The van der Waals surface area contributed by atoms with Crippen LogP contribution in [0.4, 0.5) is 28.9 Å². The van der Waals surface area contributed by atoms with E-state index in [1.807, 2.05) is 6.07 Å². The number of benzene rings is 2. The van der Waals surface area contributed by atoms with E-state index in [0.717, 1.165) is 63.9 Å². The molecule has 3 fully saturated rings. The number of aromatic nitrogens is 1. The number of alkyl halides is 4. The molecule has 1 spiro atoms. The highest BCUT2D eigenvalue weighted by Crippen LogP contribution is 2.41. The van der Waals surface area contributed by atoms with Crippen LogP contribution in [-0.2, 0) is 21.1 Å². The van der Waals surface area contributed by atoms with Gasteiger partial charge in [0.2, 0.25) is 0 Å². The Morgan fingerprint density at radius 1 is 1.07 bits per heavy atom. The first-order valence-electron chi connectivity index (χ1n) is 15.5. The number of ether oxygens (including phenoxy) is 2. The van der Waals surface area contributed by atoms with E-state index in [2.05, 4.69) is 27.4 Å². The van der Waals surface area contributed by atoms with Crippen molar-refractivity contribution in [1.29, 1.82) is 0 Å². The summed E-state index contributed by atoms with van der Waals surface area (Å²) in [6, 6.07) is 12.0. The fourth-order valence-corrected chi connectivity index (χ4v) is 7.37. The first kappa shape index (κ1) is 32.5. The van der Waals surface area contributed by atoms with Gasteiger partial charge < -0.3 is 24.7 Å². The van der Waals surface area contributed by atoms with Crippen LogP contribution >= 0.6 is 0 Å². The van der Waals surface area contributed by atoms with Crippen LogP contribution in [0.3, 0.4) is 0 Å². The minimum absolute atomic E-state index is 0.0145. The second-order valence-corrected chi connectivity index (χ2v) is 14.7. The molecule has 2 aromatic carbocycles. The van der Waals surface area contributed by atoms with Crippen molar-refractivity contribution in [1.82, 2.24) is 9.47 Å². The topological polar surface area (TPSA) is 84.8 Å². The average Bonchev–Trinajstić information content (AvgIpc) is 3.30. The zero-order valence-electron chi connectivity index (χ0n) is 25.6. The number of hydrogen-bond acceptors (Lipinski definition) is 7. The summed E-state index contributed by atoms with van der Waals surface area (Å²) in [6.07, 6.45) is 0.755. The highest BCUT2D eigenvalue weighted by atomic mass is 32.2. The lowest BCUT2D eigenvalue weighted by Crippen LogP contribution is -2.68. The van der Waals surface area contributed by atoms with Gasteiger partial charge in [-0.05, 0) is 61.9 Å². The second kappa shape index (κ2) is 13.0. The number of hydrogen-bond donors (Lipinski definition) is 2. The molecule has 13 heteroatoms. The van der Waals surface area contributed by atoms with Gasteiger partial charge in [0.1, 0.15) is 25.6 Å². The number of likely N-dealkylation sites (tertiary alicyclic amines) is 1. The molecule has 46 heavy (non-hydrogen) atoms. The SMILES string of the molecule is CS(=O)(=O)c1ccc(NCC#Cc2cc3c(N[C@H]4CC[C@@H](N5CC6(COC6)C5)CC4)cccc3n2CC(F)(F)F)c(OCCF)c1. The Hall–Kier alpha value is -3.47. The molecule has 8 nitrogen and oxygen atoms in total. The van der Waals surface area contributed by atoms with Crippen LogP contribution in [0.25, 0.3) is 10.9 Å². The lowest BCUT2D eigenvalue weighted by Gasteiger charge is -2.58. The molecule has 2 saturated heterocycles. The Morgan fingerprint density at radius 2 is 1.83 bits per heavy atom. The molecular weight excluding hydrogens is 624 g/mol. The van der Waals surface area contributed by atoms with Gasteiger partial charge in [0.25, 0.3) is 0 Å². The quantitative estimate of drug-likeness (QED) is 0.220. The van der Waals surface area contributed by atoms with E-state index in [1.54, 1.807) is 18.2 Å². The molecule has 1 saturated carbocycles. The Morgan fingerprint density at radius 3 is 2.48 bits per heavy atom. The first-order chi connectivity index (χ1) is 21.9. The molecule has 1 aliphatic carbocycles. The van der Waals surface area contributed by atoms with E-state index in [-0.39, 0.29) is 35.5 Å². The van der Waals surface area contributed by atoms with Gasteiger partial charge in [-0.3, -0.25) is 4.90 Å². The Balaban J connectivity index is 1.16. The van der Waals surface area contributed by atoms with Crippen LogP contribution in [0.2, 0.25) is 0 Å². The summed E-state index contributed by atoms with van der Waals surface area (Å²) in [7, 11) is -3.52. The first-order valence-corrected chi connectivity index (χ1v) is 17.4. The van der Waals surface area contributed by atoms with Crippen LogP contribution in [0.5, 0.6) is 5.75 Å². The largest absolute Gasteiger partial charge is 0.489 e. The molecule has 1 aromatic heterocycles. The molecular formula is C33H38F4N4O4S. The van der Waals surface area contributed by atoms with Crippen molar-refractivity contribution >= 4 is 32.1 Å². The maximum Gasteiger partial charge on any atom is 0.406 e. The molecule has 2 N–H and O–H groups in total. The maximum atomic E-state index is 13.7. The Bertz CT molecular complexity index is 1730. The molecule has 2 aliphatic heterocycles. The van der Waals surface area contributed by atoms with Gasteiger partial charge in [-0.1, -0.05) is 12.0 Å². The number of rotatable bonds is 10. The van der Waals surface area contributed by atoms with E-state index in [4.69, 9.17) is 9.47 Å². The maximum absolute atomic E-state index is 13.7. The van der Waals surface area contributed by atoms with Gasteiger partial charge in [-0.25, -0.2) is 12.8 Å². The van der Waals surface area contributed by atoms with E-state index < -0.39 is 29.2 Å². The summed E-state index contributed by atoms with van der Waals surface area (Å²) in [6.45, 7) is 1.79. The third kappa shape index (κ3) is 7.24. The van der Waals surface area contributed by atoms with Gasteiger partial charge in [0.05, 0.1) is 41.6 Å². The van der Waals surface area contributed by atoms with Crippen LogP contribution in [0.15, 0.2) is 47.4 Å². The van der Waals surface area contributed by atoms with Gasteiger partial charge >= 0.3 is 6.18 Å². The lowest BCUT2D eigenvalue weighted by atomic mass is 9.75. The molecule has 3 heterocycles. The van der Waals surface area contributed by atoms with Gasteiger partial charge in [-0.2, -0.15) is 13.2 Å². The molecule has 248 valence electrons. The lowest BCUT2D eigenvalue weighted by molar-refractivity contribution is -0.200. The van der Waals surface area contributed by atoms with Crippen LogP contribution in [0, 0.1) is 17.3 Å². The van der Waals surface area contributed by atoms with Crippen molar-refractivity contribution in [3.63, 3.8) is 0 Å². The zero-order chi connectivity index (χ0) is 32.5. The zero-order valence-corrected chi connectivity index (χ0v) is 26.4. The van der Waals surface area contributed by atoms with E-state index in [9.17, 15) is 26.0 Å². The van der Waals surface area contributed by atoms with Crippen molar-refractivity contribution in [2.45, 2.75) is 55.4 Å². The van der Waals surface area contributed by atoms with Crippen LogP contribution in [0.1, 0.15) is 31.4 Å². The molecule has 0 unspecified atom stereocenters. The van der Waals surface area contributed by atoms with Gasteiger partial charge in [-0.15, -0.1) is 0 Å². The molecule has 0 bridgehead atoms. The fourth-order valence-electron chi connectivity index (χ4n) is 6.74. The van der Waals surface area contributed by atoms with Crippen molar-refractivity contribution in [3.05, 3.63) is 48.2 Å². The number of sulfone groups is 1. The number of nitrogens with zero attached hydrogens (tertiary/aromatic N) is 2. The van der Waals surface area contributed by atoms with Crippen molar-refractivity contribution in [2.75, 3.05) is 63.0 Å². The summed E-state index contributed by atoms with van der Waals surface area (Å²) in [5, 5.41) is 7.29. The summed E-state index contributed by atoms with van der Waals surface area (Å²) in [5.41, 5.74) is 2.24. The predicted octanol–water partition coefficient (Wildman–Crippen LogP) is 5.47. The number of anilines is 2. The molecule has 3 aromatic rings. The highest BCUT2D eigenvalue weighted by Gasteiger charge is 2.50. The normalized spacial score (nSPS) is 21.2. The Labute approximate surface area is 266 Å². The predicted molar refractivity (Wildman–Crippen MR) is 169 cm³/mol. The van der Waals surface area contributed by atoms with Crippen molar-refractivity contribution < 1.29 is 35.5 Å². The molecule has 6 rings (SSSR count). The van der Waals surface area contributed by atoms with Crippen LogP contribution < -0.4 is 15.4 Å². The van der Waals surface area contributed by atoms with E-state index >= 15 is 0 Å². The monoisotopic (exact) mass is 662 g/mol. The highest BCUT2D eigenvalue weighted by molar-refractivity contribution is 7.90. The van der Waals surface area contributed by atoms with Gasteiger partial charge in [0, 0.05) is 54.0 Å². The molecule has 0 atom stereocenters. The smallest absolute Gasteiger partial charge is 0.406 e. The van der Waals surface area contributed by atoms with E-state index in [1.165, 1.54) is 22.8 Å². The number of fused-ring (bicyclic) bond motifs is 1. The van der Waals surface area contributed by atoms with Crippen molar-refractivity contribution in [3.8, 4) is 17.6 Å². The summed E-state index contributed by atoms with van der Waals surface area (Å²) in [5.74, 6) is 5.90. The van der Waals surface area contributed by atoms with Gasteiger partial charge in [0.15, 0.2) is 9.84 Å². The third-order valence-electron chi connectivity index (χ3n) is 9.05. The van der Waals surface area contributed by atoms with Crippen molar-refractivity contribution in [2.24, 2.45) is 5.41 Å².